The van der Waals surface area contributed by atoms with E-state index in [1.165, 1.54) is 12.1 Å². The topological polar surface area (TPSA) is 64.8 Å². The van der Waals surface area contributed by atoms with Gasteiger partial charge in [0, 0.05) is 25.3 Å². The van der Waals surface area contributed by atoms with Crippen LogP contribution < -0.4 is 5.73 Å². The molecule has 0 saturated carbocycles. The van der Waals surface area contributed by atoms with E-state index in [-0.39, 0.29) is 12.2 Å². The van der Waals surface area contributed by atoms with Crippen LogP contribution >= 0.6 is 0 Å². The number of halogens is 1. The summed E-state index contributed by atoms with van der Waals surface area (Å²) in [6.07, 6.45) is 0. The van der Waals surface area contributed by atoms with Crippen molar-refractivity contribution in [3.05, 3.63) is 29.1 Å². The number of rotatable bonds is 4. The molecule has 1 aliphatic rings. The van der Waals surface area contributed by atoms with Crippen LogP contribution in [-0.2, 0) is 9.47 Å². The molecule has 1 aliphatic heterocycles. The van der Waals surface area contributed by atoms with Crippen LogP contribution in [0.2, 0.25) is 0 Å². The van der Waals surface area contributed by atoms with E-state index in [0.717, 1.165) is 13.1 Å². The van der Waals surface area contributed by atoms with Crippen LogP contribution in [0.1, 0.15) is 15.9 Å². The highest BCUT2D eigenvalue weighted by Crippen LogP contribution is 2.17. The van der Waals surface area contributed by atoms with Crippen LogP contribution in [0.15, 0.2) is 12.1 Å². The van der Waals surface area contributed by atoms with Gasteiger partial charge in [-0.3, -0.25) is 4.90 Å². The second kappa shape index (κ2) is 6.67. The number of nitrogen functional groups attached to an aromatic ring is 1. The molecule has 2 rings (SSSR count). The molecule has 20 heavy (non-hydrogen) atoms. The van der Waals surface area contributed by atoms with Crippen LogP contribution in [0.5, 0.6) is 0 Å². The molecular formula is C14H19FN2O3. The number of esters is 1. The number of ether oxygens (including phenoxy) is 2. The van der Waals surface area contributed by atoms with Gasteiger partial charge < -0.3 is 15.2 Å². The minimum Gasteiger partial charge on any atom is -0.461 e. The van der Waals surface area contributed by atoms with Gasteiger partial charge in [0.25, 0.3) is 0 Å². The molecule has 6 heteroatoms. The highest BCUT2D eigenvalue weighted by molar-refractivity contribution is 5.91. The molecule has 1 aromatic rings. The Bertz CT molecular complexity index is 488. The van der Waals surface area contributed by atoms with Gasteiger partial charge in [-0.05, 0) is 24.6 Å². The lowest BCUT2D eigenvalue weighted by Gasteiger charge is -2.26. The standard InChI is InChI=1S/C14H19FN2O3/c1-10-8-11(16)9-12(13(10)15)14(18)20-7-4-17-2-5-19-6-3-17/h8-9H,2-7,16H2,1H3. The van der Waals surface area contributed by atoms with Crippen molar-refractivity contribution in [2.75, 3.05) is 45.2 Å². The third-order valence-corrected chi connectivity index (χ3v) is 3.24. The lowest BCUT2D eigenvalue weighted by atomic mass is 10.1. The molecule has 0 radical (unpaired) electrons. The van der Waals surface area contributed by atoms with Crippen molar-refractivity contribution in [3.8, 4) is 0 Å². The third-order valence-electron chi connectivity index (χ3n) is 3.24. The zero-order chi connectivity index (χ0) is 14.5. The number of carbonyl (C=O) groups excluding carboxylic acids is 1. The van der Waals surface area contributed by atoms with E-state index >= 15 is 0 Å². The van der Waals surface area contributed by atoms with Crippen molar-refractivity contribution in [3.63, 3.8) is 0 Å². The molecule has 0 aliphatic carbocycles. The average Bonchev–Trinajstić information content (AvgIpc) is 2.44. The lowest BCUT2D eigenvalue weighted by molar-refractivity contribution is 0.0193. The van der Waals surface area contributed by atoms with E-state index in [4.69, 9.17) is 15.2 Å². The molecule has 1 saturated heterocycles. The molecule has 0 atom stereocenters. The summed E-state index contributed by atoms with van der Waals surface area (Å²) in [7, 11) is 0. The molecular weight excluding hydrogens is 263 g/mol. The number of morpholine rings is 1. The van der Waals surface area contributed by atoms with Crippen LogP contribution in [0.25, 0.3) is 0 Å². The summed E-state index contributed by atoms with van der Waals surface area (Å²) in [5, 5.41) is 0. The molecule has 2 N–H and O–H groups in total. The Morgan fingerprint density at radius 2 is 2.15 bits per heavy atom. The second-order valence-electron chi connectivity index (χ2n) is 4.79. The van der Waals surface area contributed by atoms with Gasteiger partial charge in [-0.1, -0.05) is 0 Å². The van der Waals surface area contributed by atoms with E-state index < -0.39 is 11.8 Å². The van der Waals surface area contributed by atoms with Gasteiger partial charge in [-0.25, -0.2) is 9.18 Å². The highest BCUT2D eigenvalue weighted by Gasteiger charge is 2.17. The smallest absolute Gasteiger partial charge is 0.341 e. The molecule has 0 spiro atoms. The van der Waals surface area contributed by atoms with Gasteiger partial charge >= 0.3 is 5.97 Å². The first kappa shape index (κ1) is 14.7. The molecule has 1 heterocycles. The summed E-state index contributed by atoms with van der Waals surface area (Å²) in [6, 6.07) is 2.79. The zero-order valence-corrected chi connectivity index (χ0v) is 11.5. The van der Waals surface area contributed by atoms with Crippen LogP contribution in [0.3, 0.4) is 0 Å². The fourth-order valence-electron chi connectivity index (χ4n) is 2.12. The van der Waals surface area contributed by atoms with Crippen LogP contribution in [-0.4, -0.2) is 50.3 Å². The van der Waals surface area contributed by atoms with E-state index in [1.807, 2.05) is 0 Å². The fourth-order valence-corrected chi connectivity index (χ4v) is 2.12. The predicted molar refractivity (Wildman–Crippen MR) is 73.1 cm³/mol. The van der Waals surface area contributed by atoms with Crippen LogP contribution in [0.4, 0.5) is 10.1 Å². The summed E-state index contributed by atoms with van der Waals surface area (Å²) in [5.41, 5.74) is 6.20. The van der Waals surface area contributed by atoms with Crippen molar-refractivity contribution < 1.29 is 18.7 Å². The molecule has 1 aromatic carbocycles. The molecule has 0 amide bonds. The first-order valence-corrected chi connectivity index (χ1v) is 6.61. The molecule has 110 valence electrons. The van der Waals surface area contributed by atoms with Crippen molar-refractivity contribution in [2.45, 2.75) is 6.92 Å². The Hall–Kier alpha value is -1.66. The largest absolute Gasteiger partial charge is 0.461 e. The molecule has 0 bridgehead atoms. The highest BCUT2D eigenvalue weighted by atomic mass is 19.1. The average molecular weight is 282 g/mol. The Morgan fingerprint density at radius 1 is 1.45 bits per heavy atom. The summed E-state index contributed by atoms with van der Waals surface area (Å²) in [4.78, 5) is 14.0. The Labute approximate surface area is 117 Å². The maximum absolute atomic E-state index is 13.8. The number of aryl methyl sites for hydroxylation is 1. The second-order valence-corrected chi connectivity index (χ2v) is 4.79. The molecule has 0 unspecified atom stereocenters. The normalized spacial score (nSPS) is 16.1. The summed E-state index contributed by atoms with van der Waals surface area (Å²) < 4.78 is 24.2. The maximum Gasteiger partial charge on any atom is 0.341 e. The Balaban J connectivity index is 1.88. The first-order valence-electron chi connectivity index (χ1n) is 6.61. The van der Waals surface area contributed by atoms with Crippen molar-refractivity contribution in [1.82, 2.24) is 4.90 Å². The number of hydrogen-bond donors (Lipinski definition) is 1. The SMILES string of the molecule is Cc1cc(N)cc(C(=O)OCCN2CCOCC2)c1F. The lowest BCUT2D eigenvalue weighted by Crippen LogP contribution is -2.38. The van der Waals surface area contributed by atoms with Crippen molar-refractivity contribution in [2.24, 2.45) is 0 Å². The quantitative estimate of drug-likeness (QED) is 0.664. The van der Waals surface area contributed by atoms with Gasteiger partial charge in [0.1, 0.15) is 12.4 Å². The summed E-state index contributed by atoms with van der Waals surface area (Å²) in [6.45, 7) is 5.45. The molecule has 0 aromatic heterocycles. The third kappa shape index (κ3) is 3.68. The van der Waals surface area contributed by atoms with Gasteiger partial charge in [0.05, 0.1) is 18.8 Å². The fraction of sp³-hybridized carbons (Fsp3) is 0.500. The predicted octanol–water partition coefficient (Wildman–Crippen LogP) is 1.21. The van der Waals surface area contributed by atoms with E-state index in [9.17, 15) is 9.18 Å². The van der Waals surface area contributed by atoms with E-state index in [0.29, 0.717) is 31.0 Å². The number of nitrogens with zero attached hydrogens (tertiary/aromatic N) is 1. The van der Waals surface area contributed by atoms with Gasteiger partial charge in [-0.15, -0.1) is 0 Å². The zero-order valence-electron chi connectivity index (χ0n) is 11.5. The minimum absolute atomic E-state index is 0.107. The van der Waals surface area contributed by atoms with Crippen molar-refractivity contribution in [1.29, 1.82) is 0 Å². The number of hydrogen-bond acceptors (Lipinski definition) is 5. The Kier molecular flexibility index (Phi) is 4.92. The van der Waals surface area contributed by atoms with Crippen LogP contribution in [0, 0.1) is 12.7 Å². The number of benzene rings is 1. The summed E-state index contributed by atoms with van der Waals surface area (Å²) in [5.74, 6) is -1.25. The monoisotopic (exact) mass is 282 g/mol. The minimum atomic E-state index is -0.675. The van der Waals surface area contributed by atoms with Gasteiger partial charge in [0.15, 0.2) is 0 Å². The molecule has 1 fully saturated rings. The van der Waals surface area contributed by atoms with E-state index in [2.05, 4.69) is 4.90 Å². The number of carbonyl (C=O) groups is 1. The van der Waals surface area contributed by atoms with E-state index in [1.54, 1.807) is 6.92 Å². The van der Waals surface area contributed by atoms with Crippen molar-refractivity contribution >= 4 is 11.7 Å². The number of anilines is 1. The Morgan fingerprint density at radius 3 is 2.85 bits per heavy atom. The first-order chi connectivity index (χ1) is 9.58. The number of nitrogens with two attached hydrogens (primary N) is 1. The maximum atomic E-state index is 13.8. The summed E-state index contributed by atoms with van der Waals surface area (Å²) >= 11 is 0. The van der Waals surface area contributed by atoms with Gasteiger partial charge in [0.2, 0.25) is 0 Å². The van der Waals surface area contributed by atoms with Gasteiger partial charge in [-0.2, -0.15) is 0 Å². The molecule has 5 nitrogen and oxygen atoms in total.